The largest absolute Gasteiger partial charge is 0.309 e. The van der Waals surface area contributed by atoms with E-state index in [2.05, 4.69) is 162 Å². The van der Waals surface area contributed by atoms with Crippen molar-refractivity contribution in [2.75, 3.05) is 0 Å². The quantitative estimate of drug-likeness (QED) is 0.181. The molecule has 0 fully saturated rings. The minimum atomic E-state index is 0.998. The van der Waals surface area contributed by atoms with Crippen LogP contribution < -0.4 is 0 Å². The molecule has 0 spiro atoms. The normalized spacial score (nSPS) is 11.8. The van der Waals surface area contributed by atoms with E-state index < -0.39 is 0 Å². The van der Waals surface area contributed by atoms with E-state index in [9.17, 15) is 0 Å². The van der Waals surface area contributed by atoms with Gasteiger partial charge in [0, 0.05) is 43.7 Å². The molecule has 0 bridgehead atoms. The first-order valence-electron chi connectivity index (χ1n) is 16.2. The number of thiazole rings is 1. The highest BCUT2D eigenvalue weighted by Gasteiger charge is 2.19. The van der Waals surface area contributed by atoms with E-state index in [1.165, 1.54) is 43.0 Å². The zero-order chi connectivity index (χ0) is 31.6. The summed E-state index contributed by atoms with van der Waals surface area (Å²) >= 11 is 1.74. The van der Waals surface area contributed by atoms with Crippen molar-refractivity contribution in [3.8, 4) is 38.6 Å². The second-order valence-electron chi connectivity index (χ2n) is 12.2. The molecule has 0 aliphatic heterocycles. The van der Waals surface area contributed by atoms with Crippen molar-refractivity contribution in [1.29, 1.82) is 0 Å². The van der Waals surface area contributed by atoms with Gasteiger partial charge < -0.3 is 4.57 Å². The summed E-state index contributed by atoms with van der Waals surface area (Å²) in [6.45, 7) is 0. The van der Waals surface area contributed by atoms with Crippen LogP contribution in [0.3, 0.4) is 0 Å². The lowest BCUT2D eigenvalue weighted by Crippen LogP contribution is -1.96. The molecule has 0 saturated heterocycles. The molecular formula is C44H27N3S. The minimum absolute atomic E-state index is 0.998. The van der Waals surface area contributed by atoms with Gasteiger partial charge in [-0.15, -0.1) is 11.3 Å². The maximum absolute atomic E-state index is 5.21. The van der Waals surface area contributed by atoms with E-state index >= 15 is 0 Å². The van der Waals surface area contributed by atoms with Gasteiger partial charge in [-0.05, 0) is 47.5 Å². The van der Waals surface area contributed by atoms with E-state index in [1.54, 1.807) is 11.3 Å². The Morgan fingerprint density at radius 1 is 0.417 bits per heavy atom. The molecule has 10 aromatic rings. The summed E-state index contributed by atoms with van der Waals surface area (Å²) in [6.07, 6.45) is 0. The number of rotatable bonds is 4. The summed E-state index contributed by atoms with van der Waals surface area (Å²) in [5.41, 5.74) is 11.2. The van der Waals surface area contributed by atoms with Crippen molar-refractivity contribution in [2.24, 2.45) is 0 Å². The fraction of sp³-hybridized carbons (Fsp3) is 0. The number of aromatic nitrogens is 3. The molecule has 3 aromatic heterocycles. The fourth-order valence-electron chi connectivity index (χ4n) is 7.18. The summed E-state index contributed by atoms with van der Waals surface area (Å²) in [4.78, 5) is 10.1. The van der Waals surface area contributed by atoms with Gasteiger partial charge in [-0.1, -0.05) is 127 Å². The predicted molar refractivity (Wildman–Crippen MR) is 203 cm³/mol. The fourth-order valence-corrected chi connectivity index (χ4v) is 8.15. The molecule has 0 atom stereocenters. The van der Waals surface area contributed by atoms with Gasteiger partial charge in [-0.2, -0.15) is 0 Å². The lowest BCUT2D eigenvalue weighted by molar-refractivity contribution is 1.19. The topological polar surface area (TPSA) is 30.7 Å². The van der Waals surface area contributed by atoms with E-state index in [1.807, 2.05) is 6.07 Å². The number of pyridine rings is 1. The molecule has 0 aliphatic carbocycles. The Bertz CT molecular complexity index is 2780. The smallest absolute Gasteiger partial charge is 0.124 e. The Kier molecular flexibility index (Phi) is 6.05. The van der Waals surface area contributed by atoms with Crippen LogP contribution in [-0.4, -0.2) is 14.5 Å². The van der Waals surface area contributed by atoms with Crippen molar-refractivity contribution in [3.05, 3.63) is 164 Å². The lowest BCUT2D eigenvalue weighted by atomic mass is 9.97. The molecule has 3 heterocycles. The Hall–Kier alpha value is -6.10. The number of nitrogens with zero attached hydrogens (tertiary/aromatic N) is 3. The van der Waals surface area contributed by atoms with E-state index in [4.69, 9.17) is 9.97 Å². The van der Waals surface area contributed by atoms with Gasteiger partial charge in [0.1, 0.15) is 5.01 Å². The molecule has 10 rings (SSSR count). The summed E-state index contributed by atoms with van der Waals surface area (Å²) in [7, 11) is 0. The van der Waals surface area contributed by atoms with Crippen LogP contribution in [0, 0.1) is 0 Å². The van der Waals surface area contributed by atoms with E-state index in [0.29, 0.717) is 0 Å². The zero-order valence-electron chi connectivity index (χ0n) is 25.8. The van der Waals surface area contributed by atoms with Crippen LogP contribution in [0.5, 0.6) is 0 Å². The van der Waals surface area contributed by atoms with Crippen LogP contribution in [0.4, 0.5) is 0 Å². The number of hydrogen-bond donors (Lipinski definition) is 0. The van der Waals surface area contributed by atoms with Gasteiger partial charge in [0.05, 0.1) is 32.5 Å². The van der Waals surface area contributed by atoms with Crippen molar-refractivity contribution in [1.82, 2.24) is 14.5 Å². The van der Waals surface area contributed by atoms with Gasteiger partial charge >= 0.3 is 0 Å². The molecule has 0 aliphatic rings. The van der Waals surface area contributed by atoms with Gasteiger partial charge in [0.15, 0.2) is 0 Å². The third kappa shape index (κ3) is 4.20. The first kappa shape index (κ1) is 27.1. The van der Waals surface area contributed by atoms with E-state index in [-0.39, 0.29) is 0 Å². The summed E-state index contributed by atoms with van der Waals surface area (Å²) in [5.74, 6) is 0. The third-order valence-corrected chi connectivity index (χ3v) is 10.5. The van der Waals surface area contributed by atoms with Gasteiger partial charge in [0.25, 0.3) is 0 Å². The monoisotopic (exact) mass is 629 g/mol. The molecule has 48 heavy (non-hydrogen) atoms. The number of para-hydroxylation sites is 3. The van der Waals surface area contributed by atoms with Gasteiger partial charge in [-0.3, -0.25) is 0 Å². The summed E-state index contributed by atoms with van der Waals surface area (Å²) < 4.78 is 3.65. The number of fused-ring (bicyclic) bond motifs is 8. The van der Waals surface area contributed by atoms with Gasteiger partial charge in [0.2, 0.25) is 0 Å². The van der Waals surface area contributed by atoms with Crippen LogP contribution in [0.1, 0.15) is 0 Å². The van der Waals surface area contributed by atoms with Crippen LogP contribution >= 0.6 is 11.3 Å². The Balaban J connectivity index is 1.15. The van der Waals surface area contributed by atoms with Crippen molar-refractivity contribution in [2.45, 2.75) is 0 Å². The van der Waals surface area contributed by atoms with Crippen LogP contribution in [0.25, 0.3) is 92.3 Å². The highest BCUT2D eigenvalue weighted by molar-refractivity contribution is 7.21. The molecule has 0 radical (unpaired) electrons. The molecule has 0 amide bonds. The molecule has 7 aromatic carbocycles. The molecule has 3 nitrogen and oxygen atoms in total. The molecule has 0 saturated carbocycles. The van der Waals surface area contributed by atoms with E-state index in [0.717, 1.165) is 49.3 Å². The standard InChI is InChI=1S/C44H27N3S/c1-2-10-30(11-3-1)42-36-27-26-34-33-12-5-8-16-39(33)47(43(34)41(36)35-13-4-6-14-37(35)45-42)32-24-22-29(23-25-32)28-18-20-31(21-19-28)44-46-38-15-7-9-17-40(38)48-44/h1-27H. The first-order valence-corrected chi connectivity index (χ1v) is 17.0. The lowest BCUT2D eigenvalue weighted by Gasteiger charge is -2.15. The number of benzene rings is 7. The third-order valence-electron chi connectivity index (χ3n) is 9.43. The molecular weight excluding hydrogens is 603 g/mol. The predicted octanol–water partition coefficient (Wildman–Crippen LogP) is 12.1. The second-order valence-corrected chi connectivity index (χ2v) is 13.2. The SMILES string of the molecule is c1ccc(-c2nc3ccccc3c3c2ccc2c4ccccc4n(-c4ccc(-c5ccc(-c6nc7ccccc7s6)cc5)cc4)c23)cc1. The average Bonchev–Trinajstić information content (AvgIpc) is 3.75. The maximum atomic E-state index is 5.21. The first-order chi connectivity index (χ1) is 23.8. The molecule has 224 valence electrons. The highest BCUT2D eigenvalue weighted by Crippen LogP contribution is 2.42. The second kappa shape index (κ2) is 10.7. The van der Waals surface area contributed by atoms with Crippen LogP contribution in [-0.2, 0) is 0 Å². The average molecular weight is 630 g/mol. The van der Waals surface area contributed by atoms with Crippen LogP contribution in [0.2, 0.25) is 0 Å². The van der Waals surface area contributed by atoms with Crippen LogP contribution in [0.15, 0.2) is 164 Å². The molecule has 0 unspecified atom stereocenters. The van der Waals surface area contributed by atoms with Gasteiger partial charge in [-0.25, -0.2) is 9.97 Å². The van der Waals surface area contributed by atoms with Crippen molar-refractivity contribution >= 4 is 65.0 Å². The van der Waals surface area contributed by atoms with Crippen molar-refractivity contribution in [3.63, 3.8) is 0 Å². The minimum Gasteiger partial charge on any atom is -0.309 e. The number of hydrogen-bond acceptors (Lipinski definition) is 3. The zero-order valence-corrected chi connectivity index (χ0v) is 26.7. The molecule has 0 N–H and O–H groups in total. The maximum Gasteiger partial charge on any atom is 0.124 e. The Morgan fingerprint density at radius 2 is 1.04 bits per heavy atom. The summed E-state index contributed by atoms with van der Waals surface area (Å²) in [6, 6.07) is 58.4. The summed E-state index contributed by atoms with van der Waals surface area (Å²) in [5, 5.41) is 7.07. The van der Waals surface area contributed by atoms with Crippen molar-refractivity contribution < 1.29 is 0 Å². The highest BCUT2D eigenvalue weighted by atomic mass is 32.1. The Morgan fingerprint density at radius 3 is 1.83 bits per heavy atom. The Labute approximate surface area is 281 Å². The molecule has 4 heteroatoms.